The van der Waals surface area contributed by atoms with Crippen molar-refractivity contribution in [3.8, 4) is 12.1 Å². The Labute approximate surface area is 97.1 Å². The van der Waals surface area contributed by atoms with Crippen LogP contribution in [0.4, 0.5) is 0 Å². The Bertz CT molecular complexity index is 415. The summed E-state index contributed by atoms with van der Waals surface area (Å²) in [4.78, 5) is 0. The molecule has 0 N–H and O–H groups in total. The topological polar surface area (TPSA) is 47.6 Å². The van der Waals surface area contributed by atoms with Crippen LogP contribution in [0.25, 0.3) is 0 Å². The summed E-state index contributed by atoms with van der Waals surface area (Å²) >= 11 is 0. The van der Waals surface area contributed by atoms with Crippen molar-refractivity contribution in [3.05, 3.63) is 34.9 Å². The van der Waals surface area contributed by atoms with Crippen LogP contribution in [0.1, 0.15) is 37.5 Å². The Kier molecular flexibility index (Phi) is 4.09. The smallest absolute Gasteiger partial charge is 0.0992 e. The minimum atomic E-state index is 0.556. The van der Waals surface area contributed by atoms with Crippen molar-refractivity contribution in [3.63, 3.8) is 0 Å². The molecule has 0 saturated carbocycles. The van der Waals surface area contributed by atoms with E-state index in [0.717, 1.165) is 12.0 Å². The Morgan fingerprint density at radius 3 is 1.88 bits per heavy atom. The fraction of sp³-hybridized carbons (Fsp3) is 0.429. The van der Waals surface area contributed by atoms with E-state index in [1.54, 1.807) is 6.07 Å². The first kappa shape index (κ1) is 12.3. The van der Waals surface area contributed by atoms with Gasteiger partial charge < -0.3 is 0 Å². The highest BCUT2D eigenvalue weighted by atomic mass is 14.3. The molecule has 0 aromatic heterocycles. The van der Waals surface area contributed by atoms with E-state index in [4.69, 9.17) is 10.5 Å². The SMILES string of the molecule is CC(C)[C@@H](C)Cc1cc(C#N)cc(C#N)c1. The normalized spacial score (nSPS) is 11.9. The molecule has 0 fully saturated rings. The number of benzene rings is 1. The number of hydrogen-bond acceptors (Lipinski definition) is 2. The largest absolute Gasteiger partial charge is 0.192 e. The maximum atomic E-state index is 8.87. The summed E-state index contributed by atoms with van der Waals surface area (Å²) in [6, 6.07) is 9.56. The van der Waals surface area contributed by atoms with Crippen LogP contribution < -0.4 is 0 Å². The van der Waals surface area contributed by atoms with Crippen LogP contribution in [0.2, 0.25) is 0 Å². The molecule has 0 spiro atoms. The first-order chi connectivity index (χ1) is 7.56. The zero-order chi connectivity index (χ0) is 12.1. The van der Waals surface area contributed by atoms with Crippen molar-refractivity contribution in [2.75, 3.05) is 0 Å². The van der Waals surface area contributed by atoms with Crippen molar-refractivity contribution in [1.82, 2.24) is 0 Å². The van der Waals surface area contributed by atoms with Crippen molar-refractivity contribution in [1.29, 1.82) is 10.5 Å². The van der Waals surface area contributed by atoms with Gasteiger partial charge in [-0.25, -0.2) is 0 Å². The molecule has 0 aliphatic carbocycles. The quantitative estimate of drug-likeness (QED) is 0.772. The molecule has 1 atom stereocenters. The Balaban J connectivity index is 2.98. The van der Waals surface area contributed by atoms with E-state index < -0.39 is 0 Å². The standard InChI is InChI=1S/C14H16N2/c1-10(2)11(3)4-12-5-13(8-15)7-14(6-12)9-16/h5-7,10-11H,4H2,1-3H3/t11-/m0/s1. The van der Waals surface area contributed by atoms with Gasteiger partial charge >= 0.3 is 0 Å². The van der Waals surface area contributed by atoms with Gasteiger partial charge in [-0.3, -0.25) is 0 Å². The molecular weight excluding hydrogens is 196 g/mol. The number of hydrogen-bond donors (Lipinski definition) is 0. The van der Waals surface area contributed by atoms with Gasteiger partial charge in [0.25, 0.3) is 0 Å². The zero-order valence-corrected chi connectivity index (χ0v) is 9.99. The second-order valence-corrected chi connectivity index (χ2v) is 4.57. The van der Waals surface area contributed by atoms with Gasteiger partial charge in [-0.05, 0) is 42.0 Å². The molecule has 0 saturated heterocycles. The fourth-order valence-electron chi connectivity index (χ4n) is 1.55. The van der Waals surface area contributed by atoms with Gasteiger partial charge in [-0.2, -0.15) is 10.5 Å². The van der Waals surface area contributed by atoms with Gasteiger partial charge in [0.1, 0.15) is 0 Å². The first-order valence-corrected chi connectivity index (χ1v) is 5.51. The summed E-state index contributed by atoms with van der Waals surface area (Å²) in [6.45, 7) is 6.56. The average molecular weight is 212 g/mol. The minimum Gasteiger partial charge on any atom is -0.192 e. The number of nitriles is 2. The van der Waals surface area contributed by atoms with Crippen LogP contribution in [-0.2, 0) is 6.42 Å². The van der Waals surface area contributed by atoms with Gasteiger partial charge in [-0.1, -0.05) is 20.8 Å². The van der Waals surface area contributed by atoms with Crippen LogP contribution in [-0.4, -0.2) is 0 Å². The lowest BCUT2D eigenvalue weighted by molar-refractivity contribution is 0.417. The third-order valence-electron chi connectivity index (χ3n) is 2.95. The lowest BCUT2D eigenvalue weighted by atomic mass is 9.90. The molecular formula is C14H16N2. The fourth-order valence-corrected chi connectivity index (χ4v) is 1.55. The maximum Gasteiger partial charge on any atom is 0.0992 e. The van der Waals surface area contributed by atoms with E-state index in [-0.39, 0.29) is 0 Å². The van der Waals surface area contributed by atoms with Gasteiger partial charge in [0, 0.05) is 0 Å². The van der Waals surface area contributed by atoms with Crippen LogP contribution in [0, 0.1) is 34.5 Å². The van der Waals surface area contributed by atoms with Crippen LogP contribution in [0.3, 0.4) is 0 Å². The average Bonchev–Trinajstić information content (AvgIpc) is 2.28. The Morgan fingerprint density at radius 2 is 1.50 bits per heavy atom. The summed E-state index contributed by atoms with van der Waals surface area (Å²) in [6.07, 6.45) is 0.919. The van der Waals surface area contributed by atoms with Crippen molar-refractivity contribution < 1.29 is 0 Å². The molecule has 0 heterocycles. The third-order valence-corrected chi connectivity index (χ3v) is 2.95. The van der Waals surface area contributed by atoms with Gasteiger partial charge in [-0.15, -0.1) is 0 Å². The van der Waals surface area contributed by atoms with E-state index in [1.807, 2.05) is 12.1 Å². The molecule has 1 aromatic carbocycles. The van der Waals surface area contributed by atoms with Crippen LogP contribution >= 0.6 is 0 Å². The highest BCUT2D eigenvalue weighted by molar-refractivity contribution is 5.42. The van der Waals surface area contributed by atoms with Gasteiger partial charge in [0.2, 0.25) is 0 Å². The summed E-state index contributed by atoms with van der Waals surface area (Å²) in [5.74, 6) is 1.16. The monoisotopic (exact) mass is 212 g/mol. The molecule has 1 rings (SSSR count). The Morgan fingerprint density at radius 1 is 1.00 bits per heavy atom. The van der Waals surface area contributed by atoms with Crippen molar-refractivity contribution in [2.45, 2.75) is 27.2 Å². The zero-order valence-electron chi connectivity index (χ0n) is 9.99. The van der Waals surface area contributed by atoms with Crippen molar-refractivity contribution >= 4 is 0 Å². The maximum absolute atomic E-state index is 8.87. The predicted molar refractivity (Wildman–Crippen MR) is 63.6 cm³/mol. The lowest BCUT2D eigenvalue weighted by Crippen LogP contribution is -2.07. The summed E-state index contributed by atoms with van der Waals surface area (Å²) in [5.41, 5.74) is 2.23. The predicted octanol–water partition coefficient (Wildman–Crippen LogP) is 3.26. The summed E-state index contributed by atoms with van der Waals surface area (Å²) in [7, 11) is 0. The molecule has 0 radical (unpaired) electrons. The summed E-state index contributed by atoms with van der Waals surface area (Å²) in [5, 5.41) is 17.7. The second-order valence-electron chi connectivity index (χ2n) is 4.57. The van der Waals surface area contributed by atoms with Crippen LogP contribution in [0.5, 0.6) is 0 Å². The van der Waals surface area contributed by atoms with Crippen molar-refractivity contribution in [2.24, 2.45) is 11.8 Å². The number of nitrogens with zero attached hydrogens (tertiary/aromatic N) is 2. The highest BCUT2D eigenvalue weighted by Gasteiger charge is 2.09. The van der Waals surface area contributed by atoms with E-state index >= 15 is 0 Å². The lowest BCUT2D eigenvalue weighted by Gasteiger charge is -2.15. The highest BCUT2D eigenvalue weighted by Crippen LogP contribution is 2.18. The molecule has 16 heavy (non-hydrogen) atoms. The molecule has 0 aliphatic rings. The van der Waals surface area contributed by atoms with E-state index in [1.165, 1.54) is 0 Å². The molecule has 82 valence electrons. The van der Waals surface area contributed by atoms with E-state index in [0.29, 0.717) is 23.0 Å². The minimum absolute atomic E-state index is 0.556. The second kappa shape index (κ2) is 5.33. The molecule has 0 bridgehead atoms. The molecule has 2 heteroatoms. The molecule has 1 aromatic rings. The Hall–Kier alpha value is -1.80. The van der Waals surface area contributed by atoms with Gasteiger partial charge in [0.05, 0.1) is 23.3 Å². The van der Waals surface area contributed by atoms with Crippen LogP contribution in [0.15, 0.2) is 18.2 Å². The van der Waals surface area contributed by atoms with E-state index in [9.17, 15) is 0 Å². The first-order valence-electron chi connectivity index (χ1n) is 5.51. The molecule has 0 amide bonds. The molecule has 2 nitrogen and oxygen atoms in total. The third kappa shape index (κ3) is 3.11. The number of rotatable bonds is 3. The summed E-state index contributed by atoms with van der Waals surface area (Å²) < 4.78 is 0. The molecule has 0 aliphatic heterocycles. The molecule has 0 unspecified atom stereocenters. The van der Waals surface area contributed by atoms with Gasteiger partial charge in [0.15, 0.2) is 0 Å². The van der Waals surface area contributed by atoms with E-state index in [2.05, 4.69) is 32.9 Å².